The molecule has 1 amide bonds. The summed E-state index contributed by atoms with van der Waals surface area (Å²) < 4.78 is 5.16. The number of amides is 1. The van der Waals surface area contributed by atoms with Crippen LogP contribution in [0.4, 0.5) is 4.79 Å². The van der Waals surface area contributed by atoms with Gasteiger partial charge in [-0.1, -0.05) is 13.8 Å². The Balaban J connectivity index is 2.28. The Morgan fingerprint density at radius 2 is 1.84 bits per heavy atom. The molecule has 1 rings (SSSR count). The lowest BCUT2D eigenvalue weighted by Gasteiger charge is -2.29. The van der Waals surface area contributed by atoms with Gasteiger partial charge < -0.3 is 14.7 Å². The number of carbonyl (C=O) groups is 2. The minimum atomic E-state index is -0.692. The monoisotopic (exact) mass is 271 g/mol. The van der Waals surface area contributed by atoms with E-state index >= 15 is 0 Å². The Bertz CT molecular complexity index is 309. The smallest absolute Gasteiger partial charge is 0.409 e. The standard InChI is InChI=1S/C14H25NO4/c1-10(2)9-19-14(18)15(3)8-11-4-6-12(7-5-11)13(16)17/h10-12H,4-9H2,1-3H3,(H,16,17). The highest BCUT2D eigenvalue weighted by Gasteiger charge is 2.27. The van der Waals surface area contributed by atoms with E-state index in [9.17, 15) is 9.59 Å². The first-order chi connectivity index (χ1) is 8.90. The number of hydrogen-bond donors (Lipinski definition) is 1. The number of ether oxygens (including phenoxy) is 1. The molecule has 0 unspecified atom stereocenters. The molecule has 0 aromatic carbocycles. The van der Waals surface area contributed by atoms with Gasteiger partial charge in [-0.2, -0.15) is 0 Å². The summed E-state index contributed by atoms with van der Waals surface area (Å²) in [5.74, 6) is -0.159. The van der Waals surface area contributed by atoms with Gasteiger partial charge >= 0.3 is 12.1 Å². The summed E-state index contributed by atoms with van der Waals surface area (Å²) in [4.78, 5) is 24.2. The molecular weight excluding hydrogens is 246 g/mol. The van der Waals surface area contributed by atoms with Gasteiger partial charge in [-0.05, 0) is 37.5 Å². The van der Waals surface area contributed by atoms with Crippen molar-refractivity contribution in [3.63, 3.8) is 0 Å². The topological polar surface area (TPSA) is 66.8 Å². The molecule has 5 heteroatoms. The van der Waals surface area contributed by atoms with E-state index in [0.717, 1.165) is 25.7 Å². The molecule has 0 spiro atoms. The fourth-order valence-electron chi connectivity index (χ4n) is 2.40. The molecule has 1 aliphatic rings. The SMILES string of the molecule is CC(C)COC(=O)N(C)CC1CCC(C(=O)O)CC1. The summed E-state index contributed by atoms with van der Waals surface area (Å²) in [6, 6.07) is 0. The van der Waals surface area contributed by atoms with Gasteiger partial charge in [0.1, 0.15) is 0 Å². The molecule has 110 valence electrons. The number of carboxylic acids is 1. The van der Waals surface area contributed by atoms with E-state index in [0.29, 0.717) is 25.0 Å². The van der Waals surface area contributed by atoms with Crippen molar-refractivity contribution in [2.24, 2.45) is 17.8 Å². The molecule has 0 radical (unpaired) electrons. The third-order valence-corrected chi connectivity index (χ3v) is 3.58. The predicted octanol–water partition coefficient (Wildman–Crippen LogP) is 2.60. The minimum Gasteiger partial charge on any atom is -0.481 e. The van der Waals surface area contributed by atoms with Gasteiger partial charge in [-0.15, -0.1) is 0 Å². The summed E-state index contributed by atoms with van der Waals surface area (Å²) >= 11 is 0. The molecule has 0 saturated heterocycles. The third-order valence-electron chi connectivity index (χ3n) is 3.58. The van der Waals surface area contributed by atoms with E-state index in [1.54, 1.807) is 11.9 Å². The van der Waals surface area contributed by atoms with Crippen molar-refractivity contribution < 1.29 is 19.4 Å². The summed E-state index contributed by atoms with van der Waals surface area (Å²) in [7, 11) is 1.74. The number of aliphatic carboxylic acids is 1. The van der Waals surface area contributed by atoms with Gasteiger partial charge in [-0.3, -0.25) is 4.79 Å². The number of carbonyl (C=O) groups excluding carboxylic acids is 1. The van der Waals surface area contributed by atoms with Crippen molar-refractivity contribution in [1.29, 1.82) is 0 Å². The van der Waals surface area contributed by atoms with Crippen LogP contribution in [0.15, 0.2) is 0 Å². The van der Waals surface area contributed by atoms with Crippen molar-refractivity contribution in [1.82, 2.24) is 4.90 Å². The van der Waals surface area contributed by atoms with E-state index in [4.69, 9.17) is 9.84 Å². The average Bonchev–Trinajstić information content (AvgIpc) is 2.36. The first-order valence-corrected chi connectivity index (χ1v) is 7.00. The highest BCUT2D eigenvalue weighted by molar-refractivity contribution is 5.70. The zero-order chi connectivity index (χ0) is 14.4. The second-order valence-electron chi connectivity index (χ2n) is 5.91. The van der Waals surface area contributed by atoms with Crippen LogP contribution in [0.2, 0.25) is 0 Å². The molecule has 0 aromatic rings. The number of carboxylic acid groups (broad SMARTS) is 1. The van der Waals surface area contributed by atoms with E-state index in [1.807, 2.05) is 13.8 Å². The lowest BCUT2D eigenvalue weighted by Crippen LogP contribution is -2.35. The number of hydrogen-bond acceptors (Lipinski definition) is 3. The van der Waals surface area contributed by atoms with Crippen molar-refractivity contribution >= 4 is 12.1 Å². The van der Waals surface area contributed by atoms with Crippen LogP contribution < -0.4 is 0 Å². The molecule has 0 aromatic heterocycles. The highest BCUT2D eigenvalue weighted by atomic mass is 16.6. The first kappa shape index (κ1) is 15.8. The predicted molar refractivity (Wildman–Crippen MR) is 71.9 cm³/mol. The van der Waals surface area contributed by atoms with Gasteiger partial charge in [0.2, 0.25) is 0 Å². The van der Waals surface area contributed by atoms with Crippen LogP contribution in [0.25, 0.3) is 0 Å². The fourth-order valence-corrected chi connectivity index (χ4v) is 2.40. The van der Waals surface area contributed by atoms with Crippen molar-refractivity contribution in [2.75, 3.05) is 20.2 Å². The van der Waals surface area contributed by atoms with E-state index < -0.39 is 5.97 Å². The van der Waals surface area contributed by atoms with Gasteiger partial charge in [0, 0.05) is 13.6 Å². The van der Waals surface area contributed by atoms with E-state index in [2.05, 4.69) is 0 Å². The molecule has 19 heavy (non-hydrogen) atoms. The maximum atomic E-state index is 11.7. The molecule has 0 bridgehead atoms. The van der Waals surface area contributed by atoms with Gasteiger partial charge in [0.25, 0.3) is 0 Å². The Labute approximate surface area is 114 Å². The van der Waals surface area contributed by atoms with Crippen molar-refractivity contribution in [3.8, 4) is 0 Å². The van der Waals surface area contributed by atoms with Crippen LogP contribution >= 0.6 is 0 Å². The summed E-state index contributed by atoms with van der Waals surface area (Å²) in [6.07, 6.45) is 2.90. The number of nitrogens with zero attached hydrogens (tertiary/aromatic N) is 1. The molecule has 1 fully saturated rings. The molecule has 1 aliphatic carbocycles. The zero-order valence-electron chi connectivity index (χ0n) is 12.1. The molecule has 1 N–H and O–H groups in total. The highest BCUT2D eigenvalue weighted by Crippen LogP contribution is 2.29. The largest absolute Gasteiger partial charge is 0.481 e. The second-order valence-corrected chi connectivity index (χ2v) is 5.91. The maximum Gasteiger partial charge on any atom is 0.409 e. The molecular formula is C14H25NO4. The molecule has 0 aliphatic heterocycles. The lowest BCUT2D eigenvalue weighted by atomic mass is 9.82. The Hall–Kier alpha value is -1.26. The molecule has 1 saturated carbocycles. The maximum absolute atomic E-state index is 11.7. The van der Waals surface area contributed by atoms with Gasteiger partial charge in [-0.25, -0.2) is 4.79 Å². The van der Waals surface area contributed by atoms with Crippen LogP contribution in [0.5, 0.6) is 0 Å². The van der Waals surface area contributed by atoms with E-state index in [-0.39, 0.29) is 12.0 Å². The van der Waals surface area contributed by atoms with Gasteiger partial charge in [0.15, 0.2) is 0 Å². The van der Waals surface area contributed by atoms with Crippen molar-refractivity contribution in [3.05, 3.63) is 0 Å². The minimum absolute atomic E-state index is 0.200. The fraction of sp³-hybridized carbons (Fsp3) is 0.857. The van der Waals surface area contributed by atoms with Gasteiger partial charge in [0.05, 0.1) is 12.5 Å². The quantitative estimate of drug-likeness (QED) is 0.834. The summed E-state index contributed by atoms with van der Waals surface area (Å²) in [5.41, 5.74) is 0. The van der Waals surface area contributed by atoms with Crippen molar-refractivity contribution in [2.45, 2.75) is 39.5 Å². The summed E-state index contributed by atoms with van der Waals surface area (Å²) in [6.45, 7) is 5.10. The first-order valence-electron chi connectivity index (χ1n) is 7.00. The number of rotatable bonds is 5. The molecule has 5 nitrogen and oxygen atoms in total. The van der Waals surface area contributed by atoms with E-state index in [1.165, 1.54) is 0 Å². The molecule has 0 heterocycles. The third kappa shape index (κ3) is 5.49. The van der Waals surface area contributed by atoms with Crippen LogP contribution in [0, 0.1) is 17.8 Å². The van der Waals surface area contributed by atoms with Crippen LogP contribution in [0.3, 0.4) is 0 Å². The summed E-state index contributed by atoms with van der Waals surface area (Å²) in [5, 5.41) is 8.93. The van der Waals surface area contributed by atoms with Crippen LogP contribution in [0.1, 0.15) is 39.5 Å². The average molecular weight is 271 g/mol. The second kappa shape index (κ2) is 7.36. The Morgan fingerprint density at radius 3 is 2.32 bits per heavy atom. The normalized spacial score (nSPS) is 23.2. The zero-order valence-corrected chi connectivity index (χ0v) is 12.1. The van der Waals surface area contributed by atoms with Crippen LogP contribution in [-0.2, 0) is 9.53 Å². The van der Waals surface area contributed by atoms with Crippen LogP contribution in [-0.4, -0.2) is 42.3 Å². The Kier molecular flexibility index (Phi) is 6.12. The lowest BCUT2D eigenvalue weighted by molar-refractivity contribution is -0.143. The molecule has 0 atom stereocenters. The Morgan fingerprint density at radius 1 is 1.26 bits per heavy atom.